The highest BCUT2D eigenvalue weighted by molar-refractivity contribution is 5.21. The van der Waals surface area contributed by atoms with E-state index in [-0.39, 0.29) is 18.0 Å². The van der Waals surface area contributed by atoms with E-state index in [2.05, 4.69) is 0 Å². The van der Waals surface area contributed by atoms with Crippen molar-refractivity contribution >= 4 is 0 Å². The summed E-state index contributed by atoms with van der Waals surface area (Å²) in [5, 5.41) is 9.09. The lowest BCUT2D eigenvalue weighted by atomic mass is 9.99. The average molecular weight is 157 g/mol. The summed E-state index contributed by atoms with van der Waals surface area (Å²) < 4.78 is 12.8. The van der Waals surface area contributed by atoms with Crippen molar-refractivity contribution in [2.45, 2.75) is 18.4 Å². The van der Waals surface area contributed by atoms with E-state index in [0.717, 1.165) is 19.4 Å². The standard InChI is InChI=1S/C8H12FNO/c9-7-4-8(6-11)2-1-3-10(8)5-7/h4,11H,1-3,5-6H2. The van der Waals surface area contributed by atoms with E-state index in [1.807, 2.05) is 4.90 Å². The molecule has 0 amide bonds. The zero-order valence-corrected chi connectivity index (χ0v) is 6.39. The Bertz CT molecular complexity index is 204. The van der Waals surface area contributed by atoms with Crippen LogP contribution in [0.3, 0.4) is 0 Å². The average Bonchev–Trinajstić information content (AvgIpc) is 2.43. The highest BCUT2D eigenvalue weighted by Gasteiger charge is 2.43. The van der Waals surface area contributed by atoms with Crippen molar-refractivity contribution in [3.63, 3.8) is 0 Å². The van der Waals surface area contributed by atoms with Crippen LogP contribution in [0.15, 0.2) is 11.9 Å². The normalized spacial score (nSPS) is 37.5. The zero-order valence-electron chi connectivity index (χ0n) is 6.39. The topological polar surface area (TPSA) is 23.5 Å². The maximum Gasteiger partial charge on any atom is 0.112 e. The van der Waals surface area contributed by atoms with Crippen molar-refractivity contribution in [2.75, 3.05) is 19.7 Å². The van der Waals surface area contributed by atoms with E-state index < -0.39 is 0 Å². The summed E-state index contributed by atoms with van der Waals surface area (Å²) in [6.07, 6.45) is 3.56. The van der Waals surface area contributed by atoms with Crippen LogP contribution in [0.4, 0.5) is 4.39 Å². The van der Waals surface area contributed by atoms with Crippen LogP contribution in [0.1, 0.15) is 12.8 Å². The SMILES string of the molecule is OCC12C=C(F)CN1CCC2. The van der Waals surface area contributed by atoms with Gasteiger partial charge in [0.15, 0.2) is 0 Å². The van der Waals surface area contributed by atoms with Crippen LogP contribution in [0.5, 0.6) is 0 Å². The van der Waals surface area contributed by atoms with Crippen LogP contribution in [0.2, 0.25) is 0 Å². The number of aliphatic hydroxyl groups excluding tert-OH is 1. The van der Waals surface area contributed by atoms with E-state index in [1.54, 1.807) is 6.08 Å². The Hall–Kier alpha value is -0.410. The molecule has 2 heterocycles. The van der Waals surface area contributed by atoms with E-state index in [1.165, 1.54) is 0 Å². The molecule has 2 rings (SSSR count). The molecule has 0 aromatic heterocycles. The van der Waals surface area contributed by atoms with Gasteiger partial charge in [0.05, 0.1) is 18.7 Å². The molecule has 2 aliphatic rings. The molecule has 1 fully saturated rings. The maximum absolute atomic E-state index is 12.8. The molecule has 1 saturated heterocycles. The molecule has 2 nitrogen and oxygen atoms in total. The molecule has 3 heteroatoms. The molecule has 0 bridgehead atoms. The third-order valence-corrected chi connectivity index (χ3v) is 2.71. The predicted octanol–water partition coefficient (Wildman–Crippen LogP) is 0.680. The first-order valence-corrected chi connectivity index (χ1v) is 4.00. The summed E-state index contributed by atoms with van der Waals surface area (Å²) >= 11 is 0. The van der Waals surface area contributed by atoms with Gasteiger partial charge in [-0.3, -0.25) is 4.90 Å². The number of hydrogen-bond acceptors (Lipinski definition) is 2. The van der Waals surface area contributed by atoms with Crippen molar-refractivity contribution < 1.29 is 9.50 Å². The summed E-state index contributed by atoms with van der Waals surface area (Å²) in [7, 11) is 0. The Labute approximate surface area is 65.3 Å². The monoisotopic (exact) mass is 157 g/mol. The highest BCUT2D eigenvalue weighted by atomic mass is 19.1. The summed E-state index contributed by atoms with van der Waals surface area (Å²) in [6.45, 7) is 1.38. The van der Waals surface area contributed by atoms with Gasteiger partial charge in [0.1, 0.15) is 5.83 Å². The molecule has 11 heavy (non-hydrogen) atoms. The first kappa shape index (κ1) is 7.25. The van der Waals surface area contributed by atoms with E-state index in [9.17, 15) is 4.39 Å². The molecular formula is C8H12FNO. The minimum Gasteiger partial charge on any atom is -0.394 e. The van der Waals surface area contributed by atoms with E-state index >= 15 is 0 Å². The van der Waals surface area contributed by atoms with Crippen LogP contribution in [-0.2, 0) is 0 Å². The summed E-state index contributed by atoms with van der Waals surface area (Å²) in [5.74, 6) is -0.0845. The fraction of sp³-hybridized carbons (Fsp3) is 0.750. The molecule has 1 unspecified atom stereocenters. The van der Waals surface area contributed by atoms with E-state index in [0.29, 0.717) is 6.54 Å². The fourth-order valence-electron chi connectivity index (χ4n) is 2.10. The minimum atomic E-state index is -0.329. The second-order valence-electron chi connectivity index (χ2n) is 3.38. The first-order chi connectivity index (χ1) is 5.27. The van der Waals surface area contributed by atoms with Crippen molar-refractivity contribution in [2.24, 2.45) is 0 Å². The Balaban J connectivity index is 2.26. The lowest BCUT2D eigenvalue weighted by Gasteiger charge is -2.27. The number of rotatable bonds is 1. The minimum absolute atomic E-state index is 0.0560. The lowest BCUT2D eigenvalue weighted by molar-refractivity contribution is 0.123. The molecule has 0 radical (unpaired) electrons. The molecule has 1 N–H and O–H groups in total. The highest BCUT2D eigenvalue weighted by Crippen LogP contribution is 2.36. The fourth-order valence-corrected chi connectivity index (χ4v) is 2.10. The summed E-state index contributed by atoms with van der Waals surface area (Å²) in [4.78, 5) is 2.02. The largest absolute Gasteiger partial charge is 0.394 e. The maximum atomic E-state index is 12.8. The number of aliphatic hydroxyl groups is 1. The van der Waals surface area contributed by atoms with Crippen LogP contribution >= 0.6 is 0 Å². The summed E-state index contributed by atoms with van der Waals surface area (Å²) in [5.41, 5.74) is -0.329. The molecule has 0 spiro atoms. The van der Waals surface area contributed by atoms with Gasteiger partial charge < -0.3 is 5.11 Å². The van der Waals surface area contributed by atoms with Crippen LogP contribution in [0.25, 0.3) is 0 Å². The molecule has 0 aliphatic carbocycles. The van der Waals surface area contributed by atoms with Gasteiger partial charge in [0.2, 0.25) is 0 Å². The number of halogens is 1. The van der Waals surface area contributed by atoms with Crippen molar-refractivity contribution in [3.8, 4) is 0 Å². The molecule has 62 valence electrons. The predicted molar refractivity (Wildman–Crippen MR) is 39.8 cm³/mol. The number of hydrogen-bond donors (Lipinski definition) is 1. The second-order valence-corrected chi connectivity index (χ2v) is 3.38. The third-order valence-electron chi connectivity index (χ3n) is 2.71. The van der Waals surface area contributed by atoms with E-state index in [4.69, 9.17) is 5.11 Å². The molecule has 0 saturated carbocycles. The summed E-state index contributed by atoms with van der Waals surface area (Å²) in [6, 6.07) is 0. The zero-order chi connectivity index (χ0) is 7.90. The van der Waals surface area contributed by atoms with Crippen molar-refractivity contribution in [1.82, 2.24) is 4.90 Å². The Morgan fingerprint density at radius 2 is 2.55 bits per heavy atom. The molecule has 0 aromatic carbocycles. The van der Waals surface area contributed by atoms with Gasteiger partial charge in [-0.1, -0.05) is 0 Å². The van der Waals surface area contributed by atoms with Crippen LogP contribution < -0.4 is 0 Å². The smallest absolute Gasteiger partial charge is 0.112 e. The third kappa shape index (κ3) is 0.914. The molecule has 0 aromatic rings. The van der Waals surface area contributed by atoms with Gasteiger partial charge in [0, 0.05) is 0 Å². The first-order valence-electron chi connectivity index (χ1n) is 4.00. The quantitative estimate of drug-likeness (QED) is 0.605. The van der Waals surface area contributed by atoms with Crippen molar-refractivity contribution in [1.29, 1.82) is 0 Å². The Morgan fingerprint density at radius 3 is 3.18 bits per heavy atom. The Kier molecular flexibility index (Phi) is 1.51. The van der Waals surface area contributed by atoms with Crippen molar-refractivity contribution in [3.05, 3.63) is 11.9 Å². The Morgan fingerprint density at radius 1 is 1.73 bits per heavy atom. The molecular weight excluding hydrogens is 145 g/mol. The van der Waals surface area contributed by atoms with Gasteiger partial charge in [-0.2, -0.15) is 0 Å². The van der Waals surface area contributed by atoms with Gasteiger partial charge in [-0.15, -0.1) is 0 Å². The second kappa shape index (κ2) is 2.29. The van der Waals surface area contributed by atoms with Gasteiger partial charge in [-0.05, 0) is 25.5 Å². The van der Waals surface area contributed by atoms with Gasteiger partial charge >= 0.3 is 0 Å². The van der Waals surface area contributed by atoms with Crippen LogP contribution in [-0.4, -0.2) is 35.2 Å². The molecule has 2 aliphatic heterocycles. The van der Waals surface area contributed by atoms with Gasteiger partial charge in [-0.25, -0.2) is 4.39 Å². The van der Waals surface area contributed by atoms with Crippen LogP contribution in [0, 0.1) is 0 Å². The number of fused-ring (bicyclic) bond motifs is 1. The lowest BCUT2D eigenvalue weighted by Crippen LogP contribution is -2.41. The molecule has 1 atom stereocenters. The van der Waals surface area contributed by atoms with Gasteiger partial charge in [0.25, 0.3) is 0 Å². The number of nitrogens with zero attached hydrogens (tertiary/aromatic N) is 1.